The lowest BCUT2D eigenvalue weighted by Crippen LogP contribution is -2.42. The molecule has 0 bridgehead atoms. The fourth-order valence-electron chi connectivity index (χ4n) is 2.71. The first-order valence-electron chi connectivity index (χ1n) is 9.64. The number of benzene rings is 2. The molecule has 2 aromatic rings. The van der Waals surface area contributed by atoms with Crippen LogP contribution < -0.4 is 0 Å². The highest BCUT2D eigenvalue weighted by molar-refractivity contribution is 6.74. The van der Waals surface area contributed by atoms with Crippen molar-refractivity contribution in [2.45, 2.75) is 63.5 Å². The summed E-state index contributed by atoms with van der Waals surface area (Å²) in [6, 6.07) is 8.28. The van der Waals surface area contributed by atoms with Crippen molar-refractivity contribution in [1.29, 1.82) is 0 Å². The maximum Gasteiger partial charge on any atom is 0.416 e. The van der Waals surface area contributed by atoms with E-state index in [9.17, 15) is 31.4 Å². The van der Waals surface area contributed by atoms with Gasteiger partial charge in [-0.1, -0.05) is 45.0 Å². The minimum absolute atomic E-state index is 0.177. The normalized spacial score (nSPS) is 15.6. The lowest BCUT2D eigenvalue weighted by molar-refractivity contribution is -0.138. The third-order valence-corrected chi connectivity index (χ3v) is 10.1. The first kappa shape index (κ1) is 25.4. The molecule has 0 aliphatic rings. The summed E-state index contributed by atoms with van der Waals surface area (Å²) >= 11 is 0. The molecule has 2 atom stereocenters. The fraction of sp³-hybridized carbons (Fsp3) is 0.455. The maximum atomic E-state index is 12.9. The van der Waals surface area contributed by atoms with Gasteiger partial charge in [0, 0.05) is 0 Å². The highest BCUT2D eigenvalue weighted by Crippen LogP contribution is 2.44. The molecule has 0 unspecified atom stereocenters. The van der Waals surface area contributed by atoms with E-state index in [1.54, 1.807) is 0 Å². The summed E-state index contributed by atoms with van der Waals surface area (Å²) in [6.45, 7) is 9.74. The standard InChI is InChI=1S/C22H26F6O2Si/c1-20(2,3)31(4,5)30-19(15-8-12-17(13-9-15)22(26,27)28)18(29)14-6-10-16(11-7-14)21(23,24)25/h6-13,18-19,29H,1-5H3/t18-,19-/m1/s1. The molecule has 0 aromatic heterocycles. The molecule has 9 heteroatoms. The average molecular weight is 465 g/mol. The van der Waals surface area contributed by atoms with Crippen molar-refractivity contribution >= 4 is 8.32 Å². The minimum Gasteiger partial charge on any atom is -0.407 e. The summed E-state index contributed by atoms with van der Waals surface area (Å²) in [7, 11) is -2.50. The van der Waals surface area contributed by atoms with Crippen molar-refractivity contribution in [3.8, 4) is 0 Å². The van der Waals surface area contributed by atoms with Gasteiger partial charge in [0.05, 0.1) is 11.1 Å². The molecular weight excluding hydrogens is 438 g/mol. The van der Waals surface area contributed by atoms with Gasteiger partial charge >= 0.3 is 12.4 Å². The molecule has 0 heterocycles. The molecule has 0 aliphatic carbocycles. The highest BCUT2D eigenvalue weighted by Gasteiger charge is 2.42. The van der Waals surface area contributed by atoms with Crippen LogP contribution in [-0.2, 0) is 16.8 Å². The second-order valence-electron chi connectivity index (χ2n) is 8.98. The van der Waals surface area contributed by atoms with Gasteiger partial charge in [-0.05, 0) is 53.5 Å². The van der Waals surface area contributed by atoms with Crippen LogP contribution in [-0.4, -0.2) is 13.4 Å². The van der Waals surface area contributed by atoms with Gasteiger partial charge in [-0.25, -0.2) is 0 Å². The molecule has 172 valence electrons. The quantitative estimate of drug-likeness (QED) is 0.366. The smallest absolute Gasteiger partial charge is 0.407 e. The molecule has 0 radical (unpaired) electrons. The highest BCUT2D eigenvalue weighted by atomic mass is 28.4. The van der Waals surface area contributed by atoms with Crippen molar-refractivity contribution < 1.29 is 35.9 Å². The molecule has 2 rings (SSSR count). The Morgan fingerprint density at radius 1 is 0.710 bits per heavy atom. The number of aliphatic hydroxyl groups is 1. The van der Waals surface area contributed by atoms with Gasteiger partial charge in [-0.3, -0.25) is 0 Å². The molecule has 0 saturated carbocycles. The van der Waals surface area contributed by atoms with E-state index in [-0.39, 0.29) is 10.6 Å². The van der Waals surface area contributed by atoms with Crippen molar-refractivity contribution in [3.63, 3.8) is 0 Å². The van der Waals surface area contributed by atoms with Gasteiger partial charge in [0.25, 0.3) is 0 Å². The maximum absolute atomic E-state index is 12.9. The lowest BCUT2D eigenvalue weighted by atomic mass is 9.96. The number of hydrogen-bond donors (Lipinski definition) is 1. The second-order valence-corrected chi connectivity index (χ2v) is 13.7. The fourth-order valence-corrected chi connectivity index (χ4v) is 3.97. The van der Waals surface area contributed by atoms with E-state index < -0.39 is 44.0 Å². The van der Waals surface area contributed by atoms with Gasteiger partial charge < -0.3 is 9.53 Å². The van der Waals surface area contributed by atoms with Crippen molar-refractivity contribution in [2.24, 2.45) is 0 Å². The van der Waals surface area contributed by atoms with Crippen molar-refractivity contribution in [1.82, 2.24) is 0 Å². The molecule has 0 amide bonds. The van der Waals surface area contributed by atoms with Gasteiger partial charge in [0.2, 0.25) is 0 Å². The summed E-state index contributed by atoms with van der Waals surface area (Å²) in [6.07, 6.45) is -11.4. The van der Waals surface area contributed by atoms with E-state index in [1.165, 1.54) is 12.1 Å². The van der Waals surface area contributed by atoms with E-state index >= 15 is 0 Å². The van der Waals surface area contributed by atoms with Gasteiger partial charge in [-0.2, -0.15) is 26.3 Å². The molecular formula is C22H26F6O2Si. The van der Waals surface area contributed by atoms with E-state index in [4.69, 9.17) is 4.43 Å². The first-order valence-corrected chi connectivity index (χ1v) is 12.5. The molecule has 0 spiro atoms. The van der Waals surface area contributed by atoms with Gasteiger partial charge in [0.15, 0.2) is 8.32 Å². The van der Waals surface area contributed by atoms with Gasteiger partial charge in [0.1, 0.15) is 12.2 Å². The zero-order valence-corrected chi connectivity index (χ0v) is 18.9. The molecule has 0 saturated heterocycles. The lowest BCUT2D eigenvalue weighted by Gasteiger charge is -2.40. The van der Waals surface area contributed by atoms with Crippen LogP contribution >= 0.6 is 0 Å². The van der Waals surface area contributed by atoms with Crippen molar-refractivity contribution in [2.75, 3.05) is 0 Å². The van der Waals surface area contributed by atoms with Crippen LogP contribution in [0.4, 0.5) is 26.3 Å². The SMILES string of the molecule is CC(C)(C)[Si](C)(C)O[C@H](c1ccc(C(F)(F)F)cc1)[C@H](O)c1ccc(C(F)(F)F)cc1. The summed E-state index contributed by atoms with van der Waals surface area (Å²) in [5.74, 6) is 0. The van der Waals surface area contributed by atoms with Gasteiger partial charge in [-0.15, -0.1) is 0 Å². The monoisotopic (exact) mass is 464 g/mol. The van der Waals surface area contributed by atoms with E-state index in [2.05, 4.69) is 0 Å². The minimum atomic E-state index is -4.52. The van der Waals surface area contributed by atoms with Crippen LogP contribution in [0.1, 0.15) is 55.2 Å². The Morgan fingerprint density at radius 2 is 1.06 bits per heavy atom. The largest absolute Gasteiger partial charge is 0.416 e. The van der Waals surface area contributed by atoms with E-state index in [0.717, 1.165) is 36.4 Å². The molecule has 2 aromatic carbocycles. The van der Waals surface area contributed by atoms with Crippen LogP contribution in [0.15, 0.2) is 48.5 Å². The van der Waals surface area contributed by atoms with E-state index in [1.807, 2.05) is 33.9 Å². The number of hydrogen-bond acceptors (Lipinski definition) is 2. The Labute approximate surface area is 179 Å². The van der Waals surface area contributed by atoms with Crippen LogP contribution in [0.3, 0.4) is 0 Å². The zero-order chi connectivity index (χ0) is 23.8. The Hall–Kier alpha value is -1.84. The predicted molar refractivity (Wildman–Crippen MR) is 109 cm³/mol. The molecule has 0 aliphatic heterocycles. The Bertz CT molecular complexity index is 865. The zero-order valence-electron chi connectivity index (χ0n) is 17.9. The van der Waals surface area contributed by atoms with Crippen LogP contribution in [0.5, 0.6) is 0 Å². The second kappa shape index (κ2) is 8.59. The Balaban J connectivity index is 2.46. The van der Waals surface area contributed by atoms with Crippen LogP contribution in [0, 0.1) is 0 Å². The predicted octanol–water partition coefficient (Wildman–Crippen LogP) is 7.52. The average Bonchev–Trinajstić information content (AvgIpc) is 2.63. The topological polar surface area (TPSA) is 29.5 Å². The number of rotatable bonds is 5. The van der Waals surface area contributed by atoms with Crippen LogP contribution in [0.2, 0.25) is 18.1 Å². The summed E-state index contributed by atoms with van der Waals surface area (Å²) in [5.41, 5.74) is -1.21. The molecule has 31 heavy (non-hydrogen) atoms. The number of halogens is 6. The van der Waals surface area contributed by atoms with E-state index in [0.29, 0.717) is 5.56 Å². The Kier molecular flexibility index (Phi) is 7.05. The third kappa shape index (κ3) is 6.11. The molecule has 1 N–H and O–H groups in total. The summed E-state index contributed by atoms with van der Waals surface area (Å²) < 4.78 is 83.7. The van der Waals surface area contributed by atoms with Crippen molar-refractivity contribution in [3.05, 3.63) is 70.8 Å². The molecule has 2 nitrogen and oxygen atoms in total. The third-order valence-electron chi connectivity index (χ3n) is 5.66. The summed E-state index contributed by atoms with van der Waals surface area (Å²) in [4.78, 5) is 0. The van der Waals surface area contributed by atoms with Crippen LogP contribution in [0.25, 0.3) is 0 Å². The summed E-state index contributed by atoms with van der Waals surface area (Å²) in [5, 5.41) is 10.7. The molecule has 0 fully saturated rings. The number of aliphatic hydroxyl groups excluding tert-OH is 1. The number of alkyl halides is 6. The first-order chi connectivity index (χ1) is 13.9. The Morgan fingerprint density at radius 3 is 1.39 bits per heavy atom.